The standard InChI is InChI=1S/C16H22N2O2/c1-5-20-16(2,3)11-18-15-14-10-13(19-4)7-6-12(14)8-9-17-15/h6-10H,5,11H2,1-4H3,(H,17,18). The number of hydrogen-bond donors (Lipinski definition) is 1. The Kier molecular flexibility index (Phi) is 4.45. The Morgan fingerprint density at radius 1 is 1.25 bits per heavy atom. The summed E-state index contributed by atoms with van der Waals surface area (Å²) in [5, 5.41) is 5.56. The molecule has 4 nitrogen and oxygen atoms in total. The van der Waals surface area contributed by atoms with Crippen molar-refractivity contribution in [1.29, 1.82) is 0 Å². The lowest BCUT2D eigenvalue weighted by Gasteiger charge is -2.25. The smallest absolute Gasteiger partial charge is 0.134 e. The molecule has 20 heavy (non-hydrogen) atoms. The molecule has 1 N–H and O–H groups in total. The molecule has 4 heteroatoms. The van der Waals surface area contributed by atoms with Crippen molar-refractivity contribution in [3.8, 4) is 5.75 Å². The van der Waals surface area contributed by atoms with Gasteiger partial charge in [-0.25, -0.2) is 4.98 Å². The number of benzene rings is 1. The van der Waals surface area contributed by atoms with Gasteiger partial charge < -0.3 is 14.8 Å². The molecule has 1 heterocycles. The lowest BCUT2D eigenvalue weighted by atomic mass is 10.1. The van der Waals surface area contributed by atoms with E-state index in [0.717, 1.165) is 22.3 Å². The van der Waals surface area contributed by atoms with Crippen LogP contribution in [0, 0.1) is 0 Å². The van der Waals surface area contributed by atoms with Crippen LogP contribution in [0.25, 0.3) is 10.8 Å². The highest BCUT2D eigenvalue weighted by Crippen LogP contribution is 2.26. The van der Waals surface area contributed by atoms with Gasteiger partial charge in [-0.2, -0.15) is 0 Å². The van der Waals surface area contributed by atoms with Crippen LogP contribution in [0.3, 0.4) is 0 Å². The molecular formula is C16H22N2O2. The minimum atomic E-state index is -0.225. The lowest BCUT2D eigenvalue weighted by molar-refractivity contribution is 0.000664. The van der Waals surface area contributed by atoms with Gasteiger partial charge in [0, 0.05) is 24.7 Å². The molecule has 0 aliphatic carbocycles. The number of hydrogen-bond acceptors (Lipinski definition) is 4. The zero-order valence-electron chi connectivity index (χ0n) is 12.6. The van der Waals surface area contributed by atoms with Gasteiger partial charge in [-0.1, -0.05) is 6.07 Å². The third-order valence-corrected chi connectivity index (χ3v) is 3.19. The molecule has 2 aromatic rings. The van der Waals surface area contributed by atoms with Crippen molar-refractivity contribution < 1.29 is 9.47 Å². The van der Waals surface area contributed by atoms with E-state index in [1.807, 2.05) is 37.4 Å². The second-order valence-corrected chi connectivity index (χ2v) is 5.29. The van der Waals surface area contributed by atoms with Gasteiger partial charge in [0.1, 0.15) is 11.6 Å². The van der Waals surface area contributed by atoms with Crippen LogP contribution in [0.2, 0.25) is 0 Å². The second-order valence-electron chi connectivity index (χ2n) is 5.29. The lowest BCUT2D eigenvalue weighted by Crippen LogP contribution is -2.33. The number of methoxy groups -OCH3 is 1. The number of rotatable bonds is 6. The van der Waals surface area contributed by atoms with Crippen molar-refractivity contribution >= 4 is 16.6 Å². The molecule has 0 amide bonds. The van der Waals surface area contributed by atoms with E-state index in [4.69, 9.17) is 9.47 Å². The fourth-order valence-electron chi connectivity index (χ4n) is 2.15. The molecule has 2 rings (SSSR count). The van der Waals surface area contributed by atoms with Crippen LogP contribution < -0.4 is 10.1 Å². The molecule has 0 aliphatic rings. The second kappa shape index (κ2) is 6.09. The molecule has 108 valence electrons. The van der Waals surface area contributed by atoms with E-state index >= 15 is 0 Å². The van der Waals surface area contributed by atoms with Gasteiger partial charge in [0.15, 0.2) is 0 Å². The minimum absolute atomic E-state index is 0.225. The Morgan fingerprint density at radius 3 is 2.75 bits per heavy atom. The maximum Gasteiger partial charge on any atom is 0.134 e. The van der Waals surface area contributed by atoms with Crippen LogP contribution in [-0.4, -0.2) is 30.8 Å². The van der Waals surface area contributed by atoms with Crippen molar-refractivity contribution in [2.24, 2.45) is 0 Å². The third-order valence-electron chi connectivity index (χ3n) is 3.19. The number of nitrogens with one attached hydrogen (secondary N) is 1. The third kappa shape index (κ3) is 3.39. The van der Waals surface area contributed by atoms with Crippen LogP contribution in [-0.2, 0) is 4.74 Å². The van der Waals surface area contributed by atoms with E-state index in [1.54, 1.807) is 7.11 Å². The van der Waals surface area contributed by atoms with E-state index in [9.17, 15) is 0 Å². The number of aromatic nitrogens is 1. The summed E-state index contributed by atoms with van der Waals surface area (Å²) in [7, 11) is 1.67. The molecule has 0 spiro atoms. The summed E-state index contributed by atoms with van der Waals surface area (Å²) in [5.41, 5.74) is -0.225. The Labute approximate surface area is 120 Å². The summed E-state index contributed by atoms with van der Waals surface area (Å²) >= 11 is 0. The molecule has 0 atom stereocenters. The predicted octanol–water partition coefficient (Wildman–Crippen LogP) is 3.47. The van der Waals surface area contributed by atoms with Gasteiger partial charge in [-0.15, -0.1) is 0 Å². The highest BCUT2D eigenvalue weighted by Gasteiger charge is 2.17. The monoisotopic (exact) mass is 274 g/mol. The van der Waals surface area contributed by atoms with E-state index in [1.165, 1.54) is 0 Å². The Hall–Kier alpha value is -1.81. The summed E-state index contributed by atoms with van der Waals surface area (Å²) in [6, 6.07) is 7.98. The summed E-state index contributed by atoms with van der Waals surface area (Å²) < 4.78 is 11.0. The average Bonchev–Trinajstić information content (AvgIpc) is 2.44. The first kappa shape index (κ1) is 14.6. The highest BCUT2D eigenvalue weighted by atomic mass is 16.5. The van der Waals surface area contributed by atoms with E-state index < -0.39 is 0 Å². The number of nitrogens with zero attached hydrogens (tertiary/aromatic N) is 1. The molecule has 0 radical (unpaired) electrons. The maximum atomic E-state index is 5.69. The summed E-state index contributed by atoms with van der Waals surface area (Å²) in [6.07, 6.45) is 1.81. The van der Waals surface area contributed by atoms with Crippen molar-refractivity contribution in [3.05, 3.63) is 30.5 Å². The molecule has 0 fully saturated rings. The van der Waals surface area contributed by atoms with Crippen molar-refractivity contribution in [2.45, 2.75) is 26.4 Å². The quantitative estimate of drug-likeness (QED) is 0.876. The molecule has 0 unspecified atom stereocenters. The van der Waals surface area contributed by atoms with Gasteiger partial charge in [0.05, 0.1) is 12.7 Å². The van der Waals surface area contributed by atoms with Gasteiger partial charge in [0.25, 0.3) is 0 Å². The van der Waals surface area contributed by atoms with Crippen LogP contribution in [0.4, 0.5) is 5.82 Å². The van der Waals surface area contributed by atoms with Crippen LogP contribution >= 0.6 is 0 Å². The van der Waals surface area contributed by atoms with Crippen LogP contribution in [0.15, 0.2) is 30.5 Å². The average molecular weight is 274 g/mol. The first-order valence-electron chi connectivity index (χ1n) is 6.86. The van der Waals surface area contributed by atoms with Crippen LogP contribution in [0.1, 0.15) is 20.8 Å². The SMILES string of the molecule is CCOC(C)(C)CNc1nccc2ccc(OC)cc12. The van der Waals surface area contributed by atoms with E-state index in [-0.39, 0.29) is 5.60 Å². The maximum absolute atomic E-state index is 5.69. The molecular weight excluding hydrogens is 252 g/mol. The first-order chi connectivity index (χ1) is 9.55. The van der Waals surface area contributed by atoms with Crippen molar-refractivity contribution in [1.82, 2.24) is 4.98 Å². The van der Waals surface area contributed by atoms with Crippen molar-refractivity contribution in [2.75, 3.05) is 25.6 Å². The largest absolute Gasteiger partial charge is 0.497 e. The summed E-state index contributed by atoms with van der Waals surface area (Å²) in [6.45, 7) is 7.53. The predicted molar refractivity (Wildman–Crippen MR) is 82.5 cm³/mol. The van der Waals surface area contributed by atoms with Crippen LogP contribution in [0.5, 0.6) is 5.75 Å². The Bertz CT molecular complexity index is 582. The summed E-state index contributed by atoms with van der Waals surface area (Å²) in [4.78, 5) is 4.42. The number of pyridine rings is 1. The molecule has 0 saturated carbocycles. The van der Waals surface area contributed by atoms with Gasteiger partial charge in [-0.3, -0.25) is 0 Å². The summed E-state index contributed by atoms with van der Waals surface area (Å²) in [5.74, 6) is 1.69. The number of ether oxygens (including phenoxy) is 2. The first-order valence-corrected chi connectivity index (χ1v) is 6.86. The number of anilines is 1. The van der Waals surface area contributed by atoms with E-state index in [2.05, 4.69) is 24.1 Å². The molecule has 0 bridgehead atoms. The fraction of sp³-hybridized carbons (Fsp3) is 0.438. The Balaban J connectivity index is 2.25. The van der Waals surface area contributed by atoms with E-state index in [0.29, 0.717) is 13.2 Å². The highest BCUT2D eigenvalue weighted by molar-refractivity contribution is 5.92. The zero-order chi connectivity index (χ0) is 14.6. The molecule has 1 aromatic heterocycles. The van der Waals surface area contributed by atoms with Gasteiger partial charge >= 0.3 is 0 Å². The molecule has 0 saturated heterocycles. The zero-order valence-corrected chi connectivity index (χ0v) is 12.6. The minimum Gasteiger partial charge on any atom is -0.497 e. The topological polar surface area (TPSA) is 43.4 Å². The van der Waals surface area contributed by atoms with Gasteiger partial charge in [-0.05, 0) is 44.4 Å². The fourth-order valence-corrected chi connectivity index (χ4v) is 2.15. The Morgan fingerprint density at radius 2 is 2.05 bits per heavy atom. The molecule has 1 aromatic carbocycles. The normalized spacial score (nSPS) is 11.6. The van der Waals surface area contributed by atoms with Crippen molar-refractivity contribution in [3.63, 3.8) is 0 Å². The number of fused-ring (bicyclic) bond motifs is 1. The van der Waals surface area contributed by atoms with Gasteiger partial charge in [0.2, 0.25) is 0 Å². The molecule has 0 aliphatic heterocycles.